The summed E-state index contributed by atoms with van der Waals surface area (Å²) in [7, 11) is 0. The van der Waals surface area contributed by atoms with Gasteiger partial charge in [0.1, 0.15) is 12.1 Å². The minimum atomic E-state index is 0.444. The minimum absolute atomic E-state index is 0.444. The maximum atomic E-state index is 5.00. The second-order valence-electron chi connectivity index (χ2n) is 5.58. The van der Waals surface area contributed by atoms with Crippen molar-refractivity contribution in [3.8, 4) is 0 Å². The third kappa shape index (κ3) is 2.57. The van der Waals surface area contributed by atoms with Gasteiger partial charge in [-0.1, -0.05) is 0 Å². The van der Waals surface area contributed by atoms with Crippen molar-refractivity contribution in [2.75, 3.05) is 10.6 Å². The molecule has 0 aliphatic heterocycles. The molecule has 1 aromatic carbocycles. The number of nitrogens with one attached hydrogen (secondary N) is 3. The van der Waals surface area contributed by atoms with Crippen LogP contribution in [0.2, 0.25) is 0 Å². The van der Waals surface area contributed by atoms with E-state index in [4.69, 9.17) is 4.42 Å². The highest BCUT2D eigenvalue weighted by Gasteiger charge is 2.10. The van der Waals surface area contributed by atoms with Crippen molar-refractivity contribution in [2.45, 2.75) is 0 Å². The van der Waals surface area contributed by atoms with Gasteiger partial charge in [-0.05, 0) is 24.3 Å². The molecule has 0 bridgehead atoms. The van der Waals surface area contributed by atoms with Crippen molar-refractivity contribution < 1.29 is 4.42 Å². The molecule has 4 heterocycles. The molecule has 0 aliphatic rings. The maximum absolute atomic E-state index is 5.00. The van der Waals surface area contributed by atoms with Gasteiger partial charge < -0.3 is 15.1 Å². The molecule has 0 amide bonds. The van der Waals surface area contributed by atoms with Crippen LogP contribution < -0.4 is 10.6 Å². The molecule has 0 saturated carbocycles. The fourth-order valence-corrected chi connectivity index (χ4v) is 2.68. The number of pyridine rings is 1. The van der Waals surface area contributed by atoms with Gasteiger partial charge in [0.25, 0.3) is 0 Å². The van der Waals surface area contributed by atoms with Gasteiger partial charge in [0.2, 0.25) is 5.95 Å². The van der Waals surface area contributed by atoms with Crippen LogP contribution in [0.25, 0.3) is 21.8 Å². The van der Waals surface area contributed by atoms with Crippen molar-refractivity contribution >= 4 is 45.1 Å². The largest absolute Gasteiger partial charge is 0.449 e. The quantitative estimate of drug-likeness (QED) is 0.454. The van der Waals surface area contributed by atoms with Gasteiger partial charge in [0.15, 0.2) is 12.2 Å². The molecule has 0 fully saturated rings. The van der Waals surface area contributed by atoms with Gasteiger partial charge in [0, 0.05) is 22.7 Å². The standard InChI is InChI=1S/C17H12N8O/c1-2-13-10(6-20-25-13)5-11(1)21-17-22-14-7-18-4-3-12(14)16(24-17)23-15-8-26-9-19-15/h1-9H,(H,20,25)(H2,21,22,23,24). The SMILES string of the molecule is c1cc2c(Nc3cocn3)nc(Nc3ccc4[nH]ncc4c3)nc2cn1. The molecule has 3 N–H and O–H groups in total. The van der Waals surface area contributed by atoms with Crippen molar-refractivity contribution in [3.05, 3.63) is 55.5 Å². The fraction of sp³-hybridized carbons (Fsp3) is 0. The normalized spacial score (nSPS) is 11.1. The minimum Gasteiger partial charge on any atom is -0.449 e. The van der Waals surface area contributed by atoms with Crippen LogP contribution in [-0.2, 0) is 0 Å². The smallest absolute Gasteiger partial charge is 0.229 e. The lowest BCUT2D eigenvalue weighted by molar-refractivity contribution is 0.558. The van der Waals surface area contributed by atoms with Crippen molar-refractivity contribution in [2.24, 2.45) is 0 Å². The van der Waals surface area contributed by atoms with Crippen LogP contribution in [0.4, 0.5) is 23.3 Å². The Hall–Kier alpha value is -4.01. The number of aromatic nitrogens is 6. The number of nitrogens with zero attached hydrogens (tertiary/aromatic N) is 5. The lowest BCUT2D eigenvalue weighted by Gasteiger charge is -2.10. The van der Waals surface area contributed by atoms with E-state index in [1.807, 2.05) is 24.3 Å². The molecule has 26 heavy (non-hydrogen) atoms. The van der Waals surface area contributed by atoms with E-state index < -0.39 is 0 Å². The number of fused-ring (bicyclic) bond motifs is 2. The average molecular weight is 344 g/mol. The number of rotatable bonds is 4. The van der Waals surface area contributed by atoms with Gasteiger partial charge in [-0.15, -0.1) is 0 Å². The summed E-state index contributed by atoms with van der Waals surface area (Å²) in [6, 6.07) is 7.70. The number of anilines is 4. The molecule has 5 rings (SSSR count). The molecule has 0 radical (unpaired) electrons. The predicted octanol–water partition coefficient (Wildman–Crippen LogP) is 3.38. The first kappa shape index (κ1) is 14.3. The molecule has 9 heteroatoms. The second-order valence-corrected chi connectivity index (χ2v) is 5.58. The predicted molar refractivity (Wildman–Crippen MR) is 96.5 cm³/mol. The van der Waals surface area contributed by atoms with Crippen LogP contribution in [0.15, 0.2) is 59.9 Å². The Morgan fingerprint density at radius 1 is 1.04 bits per heavy atom. The highest BCUT2D eigenvalue weighted by Crippen LogP contribution is 2.26. The van der Waals surface area contributed by atoms with E-state index in [0.717, 1.165) is 22.0 Å². The zero-order valence-electron chi connectivity index (χ0n) is 13.3. The first-order valence-electron chi connectivity index (χ1n) is 7.82. The summed E-state index contributed by atoms with van der Waals surface area (Å²) in [6.07, 6.45) is 8.01. The Labute approximate surface area is 146 Å². The summed E-state index contributed by atoms with van der Waals surface area (Å²) in [5.41, 5.74) is 2.53. The molecule has 0 saturated heterocycles. The lowest BCUT2D eigenvalue weighted by atomic mass is 10.2. The fourth-order valence-electron chi connectivity index (χ4n) is 2.68. The number of hydrogen-bond donors (Lipinski definition) is 3. The number of H-pyrrole nitrogens is 1. The molecular weight excluding hydrogens is 332 g/mol. The first-order chi connectivity index (χ1) is 12.8. The molecule has 0 spiro atoms. The zero-order valence-corrected chi connectivity index (χ0v) is 13.3. The first-order valence-corrected chi connectivity index (χ1v) is 7.82. The van der Waals surface area contributed by atoms with Gasteiger partial charge in [0.05, 0.1) is 23.4 Å². The number of aromatic amines is 1. The Morgan fingerprint density at radius 3 is 2.96 bits per heavy atom. The topological polar surface area (TPSA) is 117 Å². The molecule has 9 nitrogen and oxygen atoms in total. The van der Waals surface area contributed by atoms with E-state index in [9.17, 15) is 0 Å². The summed E-state index contributed by atoms with van der Waals surface area (Å²) in [4.78, 5) is 17.3. The molecule has 126 valence electrons. The van der Waals surface area contributed by atoms with Crippen molar-refractivity contribution in [1.82, 2.24) is 30.1 Å². The van der Waals surface area contributed by atoms with Crippen LogP contribution in [0.5, 0.6) is 0 Å². The van der Waals surface area contributed by atoms with Crippen LogP contribution in [0, 0.1) is 0 Å². The molecule has 4 aromatic heterocycles. The number of hydrogen-bond acceptors (Lipinski definition) is 8. The van der Waals surface area contributed by atoms with E-state index in [0.29, 0.717) is 23.1 Å². The Bertz CT molecular complexity index is 1200. The third-order valence-electron chi connectivity index (χ3n) is 3.87. The van der Waals surface area contributed by atoms with Crippen LogP contribution in [0.1, 0.15) is 0 Å². The summed E-state index contributed by atoms with van der Waals surface area (Å²) in [6.45, 7) is 0. The highest BCUT2D eigenvalue weighted by atomic mass is 16.3. The monoisotopic (exact) mass is 344 g/mol. The third-order valence-corrected chi connectivity index (χ3v) is 3.87. The van der Waals surface area contributed by atoms with Crippen LogP contribution in [-0.4, -0.2) is 30.1 Å². The average Bonchev–Trinajstić information content (AvgIpc) is 3.33. The van der Waals surface area contributed by atoms with Crippen molar-refractivity contribution in [1.29, 1.82) is 0 Å². The van der Waals surface area contributed by atoms with E-state index in [2.05, 4.69) is 40.8 Å². The van der Waals surface area contributed by atoms with E-state index in [-0.39, 0.29) is 0 Å². The van der Waals surface area contributed by atoms with Crippen LogP contribution in [0.3, 0.4) is 0 Å². The summed E-state index contributed by atoms with van der Waals surface area (Å²) in [5, 5.41) is 15.1. The van der Waals surface area contributed by atoms with Gasteiger partial charge >= 0.3 is 0 Å². The van der Waals surface area contributed by atoms with Crippen molar-refractivity contribution in [3.63, 3.8) is 0 Å². The maximum Gasteiger partial charge on any atom is 0.229 e. The molecular formula is C17H12N8O. The van der Waals surface area contributed by atoms with Gasteiger partial charge in [-0.25, -0.2) is 4.98 Å². The molecule has 0 atom stereocenters. The van der Waals surface area contributed by atoms with E-state index in [1.54, 1.807) is 18.6 Å². The Balaban J connectivity index is 1.56. The van der Waals surface area contributed by atoms with Gasteiger partial charge in [-0.2, -0.15) is 15.1 Å². The summed E-state index contributed by atoms with van der Waals surface area (Å²) in [5.74, 6) is 1.62. The lowest BCUT2D eigenvalue weighted by Crippen LogP contribution is -2.02. The summed E-state index contributed by atoms with van der Waals surface area (Å²) >= 11 is 0. The number of benzene rings is 1. The van der Waals surface area contributed by atoms with Crippen LogP contribution >= 0.6 is 0 Å². The highest BCUT2D eigenvalue weighted by molar-refractivity contribution is 5.91. The zero-order chi connectivity index (χ0) is 17.3. The van der Waals surface area contributed by atoms with Gasteiger partial charge in [-0.3, -0.25) is 10.1 Å². The van der Waals surface area contributed by atoms with E-state index in [1.165, 1.54) is 12.7 Å². The summed E-state index contributed by atoms with van der Waals surface area (Å²) < 4.78 is 5.00. The molecule has 5 aromatic rings. The molecule has 0 aliphatic carbocycles. The molecule has 0 unspecified atom stereocenters. The van der Waals surface area contributed by atoms with E-state index >= 15 is 0 Å². The second kappa shape index (κ2) is 5.81. The number of oxazole rings is 1. The Morgan fingerprint density at radius 2 is 2.04 bits per heavy atom. The Kier molecular flexibility index (Phi) is 3.21.